The highest BCUT2D eigenvalue weighted by Crippen LogP contribution is 2.75. The lowest BCUT2D eigenvalue weighted by Gasteiger charge is -2.68. The van der Waals surface area contributed by atoms with E-state index in [1.165, 1.54) is 0 Å². The van der Waals surface area contributed by atoms with Crippen LogP contribution in [0.15, 0.2) is 12.2 Å². The molecule has 5 N–H and O–H groups in total. The minimum Gasteiger partial charge on any atom is -0.481 e. The largest absolute Gasteiger partial charge is 0.481 e. The highest BCUT2D eigenvalue weighted by atomic mass is 16.7. The molecule has 0 aromatic heterocycles. The van der Waals surface area contributed by atoms with Crippen LogP contribution in [0.4, 0.5) is 0 Å². The van der Waals surface area contributed by atoms with E-state index in [-0.39, 0.29) is 58.5 Å². The molecule has 5 aliphatic rings. The number of aliphatic hydroxyl groups is 4. The van der Waals surface area contributed by atoms with Gasteiger partial charge in [0.1, 0.15) is 18.3 Å². The lowest BCUT2D eigenvalue weighted by molar-refractivity contribution is -0.328. The Labute approximate surface area is 269 Å². The van der Waals surface area contributed by atoms with Crippen molar-refractivity contribution >= 4 is 5.97 Å². The molecule has 0 spiro atoms. The monoisotopic (exact) mass is 636 g/mol. The first-order valence-corrected chi connectivity index (χ1v) is 17.3. The van der Waals surface area contributed by atoms with Gasteiger partial charge in [0, 0.05) is 6.42 Å². The summed E-state index contributed by atoms with van der Waals surface area (Å²) in [6.07, 6.45) is 0.182. The van der Waals surface area contributed by atoms with Crippen molar-refractivity contribution in [3.05, 3.63) is 12.2 Å². The van der Waals surface area contributed by atoms with Crippen LogP contribution in [0.2, 0.25) is 0 Å². The average molecular weight is 637 g/mol. The van der Waals surface area contributed by atoms with E-state index in [1.807, 2.05) is 0 Å². The molecular weight excluding hydrogens is 576 g/mol. The number of carboxylic acid groups (broad SMARTS) is 1. The third-order valence-corrected chi connectivity index (χ3v) is 14.1. The summed E-state index contributed by atoms with van der Waals surface area (Å²) < 4.78 is 19.7. The molecule has 3 aliphatic carbocycles. The third-order valence-electron chi connectivity index (χ3n) is 14.1. The Balaban J connectivity index is 1.58. The zero-order valence-corrected chi connectivity index (χ0v) is 28.8. The lowest BCUT2D eigenvalue weighted by atomic mass is 9.37. The standard InChI is InChI=1S/C36H60O9/c1-19(2)21-10-15-34(7)24(33(21,6)14-13-26(37)38)18-23(44-31-30(41)29(40)28(39)20(3)43-31)27-22(11-16-35(27,34)8)36(9)17-12-25(45-36)32(4,5)42/h20-25,27-31,39-42H,1,10-18H2,2-9H3,(H,37,38)/t20-,21+,22+,23-,24-,25-,27+,28-,29+,30-,31+,33+,34-,35-,36+/m1/s1. The number of carbonyl (C=O) groups is 1. The normalized spacial score (nSPS) is 51.9. The van der Waals surface area contributed by atoms with E-state index in [4.69, 9.17) is 14.2 Å². The van der Waals surface area contributed by atoms with Crippen molar-refractivity contribution in [1.29, 1.82) is 0 Å². The smallest absolute Gasteiger partial charge is 0.303 e. The van der Waals surface area contributed by atoms with Crippen molar-refractivity contribution in [3.63, 3.8) is 0 Å². The van der Waals surface area contributed by atoms with Gasteiger partial charge in [-0.15, -0.1) is 0 Å². The first kappa shape index (κ1) is 35.2. The van der Waals surface area contributed by atoms with Crippen LogP contribution in [0, 0.1) is 39.9 Å². The quantitative estimate of drug-likeness (QED) is 0.187. The average Bonchev–Trinajstić information content (AvgIpc) is 3.53. The van der Waals surface area contributed by atoms with Gasteiger partial charge in [-0.25, -0.2) is 0 Å². The molecule has 0 aromatic carbocycles. The molecule has 0 radical (unpaired) electrons. The number of aliphatic hydroxyl groups excluding tert-OH is 3. The fraction of sp³-hybridized carbons (Fsp3) is 0.917. The number of hydrogen-bond donors (Lipinski definition) is 5. The van der Waals surface area contributed by atoms with Crippen molar-refractivity contribution in [2.45, 2.75) is 167 Å². The molecule has 2 aliphatic heterocycles. The number of aliphatic carboxylic acids is 1. The van der Waals surface area contributed by atoms with E-state index in [2.05, 4.69) is 41.2 Å². The second-order valence-electron chi connectivity index (χ2n) is 17.1. The van der Waals surface area contributed by atoms with Crippen LogP contribution in [0.25, 0.3) is 0 Å². The summed E-state index contributed by atoms with van der Waals surface area (Å²) >= 11 is 0. The molecule has 0 bridgehead atoms. The molecule has 5 rings (SSSR count). The number of carboxylic acids is 1. The van der Waals surface area contributed by atoms with E-state index in [0.717, 1.165) is 44.1 Å². The SMILES string of the molecule is C=C(C)[C@@H]1CC[C@]2(C)[C@H](C[C@@H](O[C@@H]3O[C@H](C)[C@@H](O)[C@H](O)[C@H]3O)[C@@H]3[C@@H]([C@]4(C)CC[C@H](C(C)(C)O)O4)CC[C@]32C)[C@@]1(C)CCC(=O)O. The van der Waals surface area contributed by atoms with Gasteiger partial charge in [-0.3, -0.25) is 4.79 Å². The van der Waals surface area contributed by atoms with Gasteiger partial charge in [-0.2, -0.15) is 0 Å². The van der Waals surface area contributed by atoms with E-state index in [9.17, 15) is 30.3 Å². The Morgan fingerprint density at radius 1 is 0.978 bits per heavy atom. The zero-order valence-electron chi connectivity index (χ0n) is 28.8. The summed E-state index contributed by atoms with van der Waals surface area (Å²) in [6, 6.07) is 0. The summed E-state index contributed by atoms with van der Waals surface area (Å²) in [5.74, 6) is -0.366. The Bertz CT molecular complexity index is 1140. The molecule has 45 heavy (non-hydrogen) atoms. The molecule has 9 heteroatoms. The van der Waals surface area contributed by atoms with Gasteiger partial charge in [0.15, 0.2) is 6.29 Å². The maximum Gasteiger partial charge on any atom is 0.303 e. The highest BCUT2D eigenvalue weighted by Gasteiger charge is 2.71. The molecular formula is C36H60O9. The number of rotatable bonds is 8. The van der Waals surface area contributed by atoms with Gasteiger partial charge in [0.25, 0.3) is 0 Å². The second-order valence-corrected chi connectivity index (χ2v) is 17.1. The van der Waals surface area contributed by atoms with Crippen LogP contribution >= 0.6 is 0 Å². The Morgan fingerprint density at radius 2 is 1.62 bits per heavy atom. The number of fused-ring (bicyclic) bond motifs is 3. The minimum absolute atomic E-state index is 0.0319. The van der Waals surface area contributed by atoms with Crippen molar-refractivity contribution in [3.8, 4) is 0 Å². The molecule has 0 unspecified atom stereocenters. The van der Waals surface area contributed by atoms with Gasteiger partial charge in [-0.1, -0.05) is 32.9 Å². The molecule has 5 fully saturated rings. The summed E-state index contributed by atoms with van der Waals surface area (Å²) in [6.45, 7) is 21.0. The predicted octanol–water partition coefficient (Wildman–Crippen LogP) is 4.82. The molecule has 258 valence electrons. The summed E-state index contributed by atoms with van der Waals surface area (Å²) in [4.78, 5) is 12.0. The maximum absolute atomic E-state index is 12.0. The van der Waals surface area contributed by atoms with E-state index >= 15 is 0 Å². The number of hydrogen-bond acceptors (Lipinski definition) is 8. The highest BCUT2D eigenvalue weighted by molar-refractivity contribution is 5.66. The van der Waals surface area contributed by atoms with Gasteiger partial charge in [0.2, 0.25) is 0 Å². The third kappa shape index (κ3) is 5.64. The Kier molecular flexibility index (Phi) is 9.25. The van der Waals surface area contributed by atoms with Crippen LogP contribution in [-0.2, 0) is 19.0 Å². The summed E-state index contributed by atoms with van der Waals surface area (Å²) in [7, 11) is 0. The zero-order chi connectivity index (χ0) is 33.5. The Morgan fingerprint density at radius 3 is 2.20 bits per heavy atom. The maximum atomic E-state index is 12.0. The van der Waals surface area contributed by atoms with Gasteiger partial charge >= 0.3 is 5.97 Å². The van der Waals surface area contributed by atoms with Crippen LogP contribution in [0.3, 0.4) is 0 Å². The van der Waals surface area contributed by atoms with Gasteiger partial charge < -0.3 is 39.7 Å². The van der Waals surface area contributed by atoms with E-state index in [0.29, 0.717) is 12.8 Å². The molecule has 0 amide bonds. The number of ether oxygens (including phenoxy) is 3. The summed E-state index contributed by atoms with van der Waals surface area (Å²) in [5, 5.41) is 52.8. The second kappa shape index (κ2) is 11.8. The first-order chi connectivity index (χ1) is 20.7. The van der Waals surface area contributed by atoms with Crippen molar-refractivity contribution in [2.24, 2.45) is 39.9 Å². The molecule has 0 aromatic rings. The topological polar surface area (TPSA) is 146 Å². The van der Waals surface area contributed by atoms with Crippen LogP contribution < -0.4 is 0 Å². The van der Waals surface area contributed by atoms with Crippen LogP contribution in [-0.4, -0.2) is 85.6 Å². The molecule has 9 nitrogen and oxygen atoms in total. The van der Waals surface area contributed by atoms with Gasteiger partial charge in [-0.05, 0) is 126 Å². The first-order valence-electron chi connectivity index (χ1n) is 17.3. The molecule has 2 saturated heterocycles. The van der Waals surface area contributed by atoms with Crippen molar-refractivity contribution in [1.82, 2.24) is 0 Å². The fourth-order valence-electron chi connectivity index (χ4n) is 11.4. The molecule has 3 saturated carbocycles. The number of allylic oxidation sites excluding steroid dienone is 1. The van der Waals surface area contributed by atoms with Crippen LogP contribution in [0.1, 0.15) is 113 Å². The van der Waals surface area contributed by atoms with E-state index in [1.54, 1.807) is 20.8 Å². The van der Waals surface area contributed by atoms with Crippen molar-refractivity contribution < 1.29 is 44.5 Å². The van der Waals surface area contributed by atoms with Crippen LogP contribution in [0.5, 0.6) is 0 Å². The van der Waals surface area contributed by atoms with E-state index < -0.39 is 47.9 Å². The molecule has 15 atom stereocenters. The Hall–Kier alpha value is -1.07. The summed E-state index contributed by atoms with van der Waals surface area (Å²) in [5.41, 5.74) is -1.00. The lowest BCUT2D eigenvalue weighted by Crippen LogP contribution is -2.65. The van der Waals surface area contributed by atoms with Gasteiger partial charge in [0.05, 0.1) is 29.5 Å². The van der Waals surface area contributed by atoms with Crippen molar-refractivity contribution in [2.75, 3.05) is 0 Å². The minimum atomic E-state index is -1.42. The fourth-order valence-corrected chi connectivity index (χ4v) is 11.4. The molecule has 2 heterocycles. The predicted molar refractivity (Wildman–Crippen MR) is 169 cm³/mol.